The van der Waals surface area contributed by atoms with Gasteiger partial charge in [-0.3, -0.25) is 9.78 Å². The Labute approximate surface area is 192 Å². The van der Waals surface area contributed by atoms with Crippen LogP contribution in [0.15, 0.2) is 65.8 Å². The zero-order chi connectivity index (χ0) is 22.7. The van der Waals surface area contributed by atoms with Crippen LogP contribution < -0.4 is 4.72 Å². The number of aromatic nitrogens is 1. The number of carboxylic acid groups (broad SMARTS) is 1. The van der Waals surface area contributed by atoms with Crippen LogP contribution >= 0.6 is 11.6 Å². The van der Waals surface area contributed by atoms with Gasteiger partial charge in [0.2, 0.25) is 10.0 Å². The van der Waals surface area contributed by atoms with Gasteiger partial charge >= 0.3 is 5.97 Å². The minimum atomic E-state index is -3.68. The molecule has 1 unspecified atom stereocenters. The second-order valence-corrected chi connectivity index (χ2v) is 10.2. The molecule has 6 nitrogen and oxygen atoms in total. The fourth-order valence-electron chi connectivity index (χ4n) is 4.22. The van der Waals surface area contributed by atoms with E-state index in [-0.39, 0.29) is 17.4 Å². The third-order valence-electron chi connectivity index (χ3n) is 5.62. The van der Waals surface area contributed by atoms with Gasteiger partial charge in [-0.15, -0.1) is 0 Å². The van der Waals surface area contributed by atoms with Gasteiger partial charge in [0.05, 0.1) is 11.3 Å². The number of halogens is 1. The van der Waals surface area contributed by atoms with Crippen molar-refractivity contribution in [3.05, 3.63) is 93.8 Å². The van der Waals surface area contributed by atoms with Crippen LogP contribution in [0.2, 0.25) is 5.02 Å². The predicted octanol–water partition coefficient (Wildman–Crippen LogP) is 3.79. The molecule has 32 heavy (non-hydrogen) atoms. The summed E-state index contributed by atoms with van der Waals surface area (Å²) in [6.07, 6.45) is 5.82. The molecule has 1 heterocycles. The van der Waals surface area contributed by atoms with Gasteiger partial charge in [0.15, 0.2) is 0 Å². The number of hydrogen-bond acceptors (Lipinski definition) is 4. The summed E-state index contributed by atoms with van der Waals surface area (Å²) in [7, 11) is -3.68. The van der Waals surface area contributed by atoms with Gasteiger partial charge in [-0.25, -0.2) is 13.1 Å². The number of benzene rings is 2. The molecule has 2 N–H and O–H groups in total. The van der Waals surface area contributed by atoms with Crippen LogP contribution in [0.4, 0.5) is 0 Å². The highest BCUT2D eigenvalue weighted by atomic mass is 35.5. The number of carbonyl (C=O) groups is 1. The number of carboxylic acids is 1. The molecule has 0 bridgehead atoms. The SMILES string of the molecule is O=C(O)Cc1cc(Cc2cccnc2)cc2c1CCC(NS(=O)(=O)c1ccc(Cl)cc1)C2. The zero-order valence-corrected chi connectivity index (χ0v) is 18.9. The first-order valence-electron chi connectivity index (χ1n) is 10.3. The summed E-state index contributed by atoms with van der Waals surface area (Å²) in [5.41, 5.74) is 4.84. The molecular formula is C24H23ClN2O4S. The summed E-state index contributed by atoms with van der Waals surface area (Å²) in [5.74, 6) is -0.878. The molecular weight excluding hydrogens is 448 g/mol. The molecule has 8 heteroatoms. The van der Waals surface area contributed by atoms with E-state index in [1.807, 2.05) is 18.2 Å². The number of fused-ring (bicyclic) bond motifs is 1. The number of nitrogens with one attached hydrogen (secondary N) is 1. The van der Waals surface area contributed by atoms with Crippen LogP contribution in [0.5, 0.6) is 0 Å². The van der Waals surface area contributed by atoms with E-state index in [1.165, 1.54) is 12.1 Å². The van der Waals surface area contributed by atoms with Crippen molar-refractivity contribution in [3.8, 4) is 0 Å². The Morgan fingerprint density at radius 3 is 2.62 bits per heavy atom. The first kappa shape index (κ1) is 22.5. The third kappa shape index (κ3) is 5.35. The van der Waals surface area contributed by atoms with E-state index in [2.05, 4.69) is 15.8 Å². The van der Waals surface area contributed by atoms with E-state index in [0.717, 1.165) is 27.8 Å². The molecule has 1 aromatic heterocycles. The lowest BCUT2D eigenvalue weighted by atomic mass is 9.83. The Morgan fingerprint density at radius 1 is 1.16 bits per heavy atom. The lowest BCUT2D eigenvalue weighted by molar-refractivity contribution is -0.136. The minimum absolute atomic E-state index is 0.0512. The Morgan fingerprint density at radius 2 is 1.94 bits per heavy atom. The van der Waals surface area contributed by atoms with Gasteiger partial charge < -0.3 is 5.11 Å². The number of sulfonamides is 1. The second-order valence-electron chi connectivity index (χ2n) is 8.02. The van der Waals surface area contributed by atoms with E-state index in [1.54, 1.807) is 24.5 Å². The molecule has 2 aromatic carbocycles. The van der Waals surface area contributed by atoms with Crippen molar-refractivity contribution in [1.29, 1.82) is 0 Å². The van der Waals surface area contributed by atoms with Crippen molar-refractivity contribution in [2.75, 3.05) is 0 Å². The Kier molecular flexibility index (Phi) is 6.60. The average molecular weight is 471 g/mol. The third-order valence-corrected chi connectivity index (χ3v) is 7.41. The molecule has 4 rings (SSSR count). The van der Waals surface area contributed by atoms with Crippen LogP contribution in [-0.4, -0.2) is 30.5 Å². The molecule has 0 amide bonds. The molecule has 0 saturated heterocycles. The van der Waals surface area contributed by atoms with Crippen molar-refractivity contribution in [2.24, 2.45) is 0 Å². The molecule has 0 spiro atoms. The standard InChI is InChI=1S/C24H23ClN2O4S/c25-20-3-6-22(7-4-20)32(30,31)27-21-5-8-23-18(13-21)11-17(12-19(23)14-24(28)29)10-16-2-1-9-26-15-16/h1-4,6-7,9,11-12,15,21,27H,5,8,10,13-14H2,(H,28,29). The van der Waals surface area contributed by atoms with Crippen molar-refractivity contribution in [3.63, 3.8) is 0 Å². The lowest BCUT2D eigenvalue weighted by Gasteiger charge is -2.28. The van der Waals surface area contributed by atoms with Gasteiger partial charge in [0.25, 0.3) is 0 Å². The average Bonchev–Trinajstić information content (AvgIpc) is 2.74. The summed E-state index contributed by atoms with van der Waals surface area (Å²) in [6.45, 7) is 0. The monoisotopic (exact) mass is 470 g/mol. The maximum absolute atomic E-state index is 12.8. The summed E-state index contributed by atoms with van der Waals surface area (Å²) in [5, 5.41) is 9.86. The van der Waals surface area contributed by atoms with Gasteiger partial charge in [0, 0.05) is 23.5 Å². The quantitative estimate of drug-likeness (QED) is 0.547. The topological polar surface area (TPSA) is 96.4 Å². The Hall–Kier alpha value is -2.74. The number of nitrogens with zero attached hydrogens (tertiary/aromatic N) is 1. The summed E-state index contributed by atoms with van der Waals surface area (Å²) in [4.78, 5) is 15.8. The van der Waals surface area contributed by atoms with Gasteiger partial charge in [-0.2, -0.15) is 0 Å². The predicted molar refractivity (Wildman–Crippen MR) is 122 cm³/mol. The van der Waals surface area contributed by atoms with E-state index in [0.29, 0.717) is 30.7 Å². The fourth-order valence-corrected chi connectivity index (χ4v) is 5.62. The number of pyridine rings is 1. The molecule has 0 aliphatic heterocycles. The lowest BCUT2D eigenvalue weighted by Crippen LogP contribution is -2.39. The van der Waals surface area contributed by atoms with Crippen molar-refractivity contribution in [2.45, 2.75) is 43.0 Å². The molecule has 1 aliphatic carbocycles. The Bertz CT molecular complexity index is 1230. The molecule has 0 fully saturated rings. The largest absolute Gasteiger partial charge is 0.481 e. The molecule has 1 atom stereocenters. The van der Waals surface area contributed by atoms with E-state index >= 15 is 0 Å². The van der Waals surface area contributed by atoms with Gasteiger partial charge in [-0.05, 0) is 83.8 Å². The zero-order valence-electron chi connectivity index (χ0n) is 17.3. The van der Waals surface area contributed by atoms with Crippen molar-refractivity contribution < 1.29 is 18.3 Å². The summed E-state index contributed by atoms with van der Waals surface area (Å²) in [6, 6.07) is 13.7. The van der Waals surface area contributed by atoms with Crippen LogP contribution in [-0.2, 0) is 40.5 Å². The van der Waals surface area contributed by atoms with Crippen LogP contribution in [0.3, 0.4) is 0 Å². The molecule has 3 aromatic rings. The maximum atomic E-state index is 12.8. The summed E-state index contributed by atoms with van der Waals surface area (Å²) >= 11 is 5.87. The van der Waals surface area contributed by atoms with Gasteiger partial charge in [-0.1, -0.05) is 29.8 Å². The molecule has 1 aliphatic rings. The van der Waals surface area contributed by atoms with Crippen LogP contribution in [0.25, 0.3) is 0 Å². The number of hydrogen-bond donors (Lipinski definition) is 2. The molecule has 166 valence electrons. The normalized spacial score (nSPS) is 15.8. The summed E-state index contributed by atoms with van der Waals surface area (Å²) < 4.78 is 28.4. The van der Waals surface area contributed by atoms with E-state index < -0.39 is 16.0 Å². The first-order chi connectivity index (χ1) is 15.3. The van der Waals surface area contributed by atoms with Crippen molar-refractivity contribution in [1.82, 2.24) is 9.71 Å². The molecule has 0 radical (unpaired) electrons. The Balaban J connectivity index is 1.60. The second kappa shape index (κ2) is 9.40. The smallest absolute Gasteiger partial charge is 0.307 e. The van der Waals surface area contributed by atoms with E-state index in [9.17, 15) is 18.3 Å². The van der Waals surface area contributed by atoms with Crippen LogP contribution in [0.1, 0.15) is 34.2 Å². The number of rotatable bonds is 7. The molecule has 0 saturated carbocycles. The highest BCUT2D eigenvalue weighted by Crippen LogP contribution is 2.29. The highest BCUT2D eigenvalue weighted by molar-refractivity contribution is 7.89. The fraction of sp³-hybridized carbons (Fsp3) is 0.250. The van der Waals surface area contributed by atoms with Crippen LogP contribution in [0, 0.1) is 0 Å². The minimum Gasteiger partial charge on any atom is -0.481 e. The maximum Gasteiger partial charge on any atom is 0.307 e. The first-order valence-corrected chi connectivity index (χ1v) is 12.2. The number of aliphatic carboxylic acids is 1. The van der Waals surface area contributed by atoms with E-state index in [4.69, 9.17) is 11.6 Å². The van der Waals surface area contributed by atoms with Crippen molar-refractivity contribution >= 4 is 27.6 Å². The van der Waals surface area contributed by atoms with Gasteiger partial charge in [0.1, 0.15) is 0 Å². The highest BCUT2D eigenvalue weighted by Gasteiger charge is 2.26.